The number of aryl methyl sites for hydroxylation is 1. The summed E-state index contributed by atoms with van der Waals surface area (Å²) in [5.74, 6) is 2.11. The molecule has 0 aliphatic carbocycles. The lowest BCUT2D eigenvalue weighted by molar-refractivity contribution is 0.224. The molecule has 1 saturated heterocycles. The topological polar surface area (TPSA) is 34.1 Å². The summed E-state index contributed by atoms with van der Waals surface area (Å²) in [4.78, 5) is 6.71. The van der Waals surface area contributed by atoms with E-state index in [0.29, 0.717) is 21.1 Å². The SMILES string of the molecule is COC1=Nc2cccc(OCC3CCN(c4ccc(C)cc4F)CC3)c2PC1. The van der Waals surface area contributed by atoms with Gasteiger partial charge >= 0.3 is 0 Å². The second-order valence-corrected chi connectivity index (χ2v) is 8.62. The number of halogens is 1. The minimum atomic E-state index is -0.123. The first-order chi connectivity index (χ1) is 13.6. The van der Waals surface area contributed by atoms with E-state index in [4.69, 9.17) is 9.47 Å². The van der Waals surface area contributed by atoms with E-state index in [1.54, 1.807) is 13.2 Å². The molecular weight excluding hydrogens is 374 g/mol. The monoisotopic (exact) mass is 400 g/mol. The van der Waals surface area contributed by atoms with Crippen LogP contribution in [0.4, 0.5) is 15.8 Å². The predicted octanol–water partition coefficient (Wildman–Crippen LogP) is 4.42. The minimum absolute atomic E-state index is 0.123. The zero-order chi connectivity index (χ0) is 19.5. The first-order valence-electron chi connectivity index (χ1n) is 9.76. The zero-order valence-electron chi connectivity index (χ0n) is 16.4. The minimum Gasteiger partial charge on any atom is -0.493 e. The fourth-order valence-electron chi connectivity index (χ4n) is 3.78. The molecule has 2 heterocycles. The molecule has 2 aliphatic rings. The highest BCUT2D eigenvalue weighted by Crippen LogP contribution is 2.32. The maximum absolute atomic E-state index is 14.2. The molecule has 148 valence electrons. The van der Waals surface area contributed by atoms with Gasteiger partial charge in [-0.1, -0.05) is 20.7 Å². The van der Waals surface area contributed by atoms with E-state index in [-0.39, 0.29) is 5.82 Å². The fraction of sp³-hybridized carbons (Fsp3) is 0.409. The molecule has 1 atom stereocenters. The van der Waals surface area contributed by atoms with Crippen molar-refractivity contribution in [1.29, 1.82) is 0 Å². The Hall–Kier alpha value is -2.13. The summed E-state index contributed by atoms with van der Waals surface area (Å²) in [6.45, 7) is 4.35. The second-order valence-electron chi connectivity index (χ2n) is 7.41. The molecule has 0 spiro atoms. The van der Waals surface area contributed by atoms with Crippen molar-refractivity contribution in [2.75, 3.05) is 37.9 Å². The lowest BCUT2D eigenvalue weighted by Crippen LogP contribution is -2.36. The molecule has 0 radical (unpaired) electrons. The lowest BCUT2D eigenvalue weighted by Gasteiger charge is -2.34. The van der Waals surface area contributed by atoms with Crippen molar-refractivity contribution >= 4 is 31.2 Å². The van der Waals surface area contributed by atoms with Gasteiger partial charge in [0.15, 0.2) is 5.90 Å². The van der Waals surface area contributed by atoms with E-state index >= 15 is 0 Å². The smallest absolute Gasteiger partial charge is 0.192 e. The van der Waals surface area contributed by atoms with Crippen molar-refractivity contribution in [2.45, 2.75) is 19.8 Å². The standard InChI is InChI=1S/C22H26FN2O2P/c1-15-6-7-19(17(23)12-15)25-10-8-16(9-11-25)13-27-20-5-3-4-18-22(20)28-14-21(24-18)26-2/h3-7,12,16,28H,8-11,13-14H2,1-2H3. The van der Waals surface area contributed by atoms with Crippen molar-refractivity contribution in [1.82, 2.24) is 0 Å². The molecule has 0 amide bonds. The third kappa shape index (κ3) is 4.15. The van der Waals surface area contributed by atoms with Crippen molar-refractivity contribution in [2.24, 2.45) is 10.9 Å². The van der Waals surface area contributed by atoms with Gasteiger partial charge in [-0.05, 0) is 55.5 Å². The van der Waals surface area contributed by atoms with Crippen molar-refractivity contribution in [3.63, 3.8) is 0 Å². The highest BCUT2D eigenvalue weighted by Gasteiger charge is 2.23. The summed E-state index contributed by atoms with van der Waals surface area (Å²) < 4.78 is 25.7. The van der Waals surface area contributed by atoms with E-state index in [1.165, 1.54) is 5.30 Å². The van der Waals surface area contributed by atoms with E-state index in [1.807, 2.05) is 37.3 Å². The van der Waals surface area contributed by atoms with Crippen molar-refractivity contribution in [3.8, 4) is 5.75 Å². The van der Waals surface area contributed by atoms with Crippen molar-refractivity contribution in [3.05, 3.63) is 47.8 Å². The quantitative estimate of drug-likeness (QED) is 0.713. The maximum Gasteiger partial charge on any atom is 0.192 e. The van der Waals surface area contributed by atoms with Gasteiger partial charge in [-0.15, -0.1) is 0 Å². The van der Waals surface area contributed by atoms with Gasteiger partial charge in [-0.3, -0.25) is 0 Å². The molecule has 28 heavy (non-hydrogen) atoms. The Kier molecular flexibility index (Phi) is 5.82. The number of piperidine rings is 1. The molecule has 0 N–H and O–H groups in total. The number of benzene rings is 2. The third-order valence-electron chi connectivity index (χ3n) is 5.43. The van der Waals surface area contributed by atoms with Crippen LogP contribution in [-0.2, 0) is 4.74 Å². The van der Waals surface area contributed by atoms with E-state index in [9.17, 15) is 4.39 Å². The molecular formula is C22H26FN2O2P. The summed E-state index contributed by atoms with van der Waals surface area (Å²) in [7, 11) is 2.29. The molecule has 1 unspecified atom stereocenters. The fourth-order valence-corrected chi connectivity index (χ4v) is 4.98. The average Bonchev–Trinajstić information content (AvgIpc) is 2.72. The van der Waals surface area contributed by atoms with Crippen LogP contribution in [0.1, 0.15) is 18.4 Å². The number of fused-ring (bicyclic) bond motifs is 1. The Labute approximate surface area is 167 Å². The Morgan fingerprint density at radius 3 is 2.79 bits per heavy atom. The summed E-state index contributed by atoms with van der Waals surface area (Å²) in [5, 5.41) is 1.20. The summed E-state index contributed by atoms with van der Waals surface area (Å²) in [6.07, 6.45) is 2.86. The number of methoxy groups -OCH3 is 1. The Morgan fingerprint density at radius 2 is 2.04 bits per heavy atom. The first kappa shape index (κ1) is 19.2. The van der Waals surface area contributed by atoms with Crippen LogP contribution in [0.2, 0.25) is 0 Å². The Bertz CT molecular complexity index is 879. The van der Waals surface area contributed by atoms with Gasteiger partial charge < -0.3 is 14.4 Å². The number of nitrogens with zero attached hydrogens (tertiary/aromatic N) is 2. The zero-order valence-corrected chi connectivity index (χ0v) is 17.4. The van der Waals surface area contributed by atoms with Crippen LogP contribution < -0.4 is 14.9 Å². The summed E-state index contributed by atoms with van der Waals surface area (Å²) >= 11 is 0. The van der Waals surface area contributed by atoms with Crippen LogP contribution >= 0.6 is 8.58 Å². The Balaban J connectivity index is 1.35. The Morgan fingerprint density at radius 1 is 1.21 bits per heavy atom. The molecule has 0 aromatic heterocycles. The summed E-state index contributed by atoms with van der Waals surface area (Å²) in [6, 6.07) is 11.5. The first-order valence-corrected chi connectivity index (χ1v) is 11.0. The number of ether oxygens (including phenoxy) is 2. The average molecular weight is 400 g/mol. The third-order valence-corrected chi connectivity index (χ3v) is 6.77. The molecule has 2 aromatic carbocycles. The van der Waals surface area contributed by atoms with Crippen LogP contribution in [0.15, 0.2) is 41.4 Å². The molecule has 2 aliphatic heterocycles. The van der Waals surface area contributed by atoms with Gasteiger partial charge in [0.1, 0.15) is 11.6 Å². The van der Waals surface area contributed by atoms with Crippen LogP contribution in [0.3, 0.4) is 0 Å². The highest BCUT2D eigenvalue weighted by atomic mass is 31.1. The molecule has 4 nitrogen and oxygen atoms in total. The largest absolute Gasteiger partial charge is 0.493 e. The normalized spacial score (nSPS) is 18.0. The molecule has 0 bridgehead atoms. The number of rotatable bonds is 4. The van der Waals surface area contributed by atoms with E-state index < -0.39 is 0 Å². The van der Waals surface area contributed by atoms with Gasteiger partial charge in [0, 0.05) is 24.6 Å². The van der Waals surface area contributed by atoms with Crippen molar-refractivity contribution < 1.29 is 13.9 Å². The van der Waals surface area contributed by atoms with Gasteiger partial charge in [0.05, 0.1) is 25.1 Å². The van der Waals surface area contributed by atoms with Crippen LogP contribution in [0, 0.1) is 18.7 Å². The number of anilines is 1. The molecule has 4 rings (SSSR count). The van der Waals surface area contributed by atoms with Gasteiger partial charge in [-0.2, -0.15) is 0 Å². The van der Waals surface area contributed by atoms with Gasteiger partial charge in [-0.25, -0.2) is 9.38 Å². The molecule has 0 saturated carbocycles. The van der Waals surface area contributed by atoms with Gasteiger partial charge in [0.2, 0.25) is 0 Å². The van der Waals surface area contributed by atoms with Crippen LogP contribution in [0.5, 0.6) is 5.75 Å². The van der Waals surface area contributed by atoms with Crippen LogP contribution in [0.25, 0.3) is 0 Å². The van der Waals surface area contributed by atoms with E-state index in [0.717, 1.165) is 60.7 Å². The highest BCUT2D eigenvalue weighted by molar-refractivity contribution is 7.49. The van der Waals surface area contributed by atoms with Gasteiger partial charge in [0.25, 0.3) is 0 Å². The number of hydrogen-bond acceptors (Lipinski definition) is 4. The summed E-state index contributed by atoms with van der Waals surface area (Å²) in [5.41, 5.74) is 2.64. The lowest BCUT2D eigenvalue weighted by atomic mass is 9.97. The van der Waals surface area contributed by atoms with E-state index in [2.05, 4.69) is 9.89 Å². The number of hydrogen-bond donors (Lipinski definition) is 0. The van der Waals surface area contributed by atoms with Crippen LogP contribution in [-0.4, -0.2) is 38.9 Å². The number of aliphatic imine (C=N–C) groups is 1. The molecule has 2 aromatic rings. The second kappa shape index (κ2) is 8.48. The maximum atomic E-state index is 14.2. The predicted molar refractivity (Wildman–Crippen MR) is 115 cm³/mol. The molecule has 1 fully saturated rings. The molecule has 6 heteroatoms.